The summed E-state index contributed by atoms with van der Waals surface area (Å²) in [5.74, 6) is 0.539. The van der Waals surface area contributed by atoms with E-state index in [-0.39, 0.29) is 29.7 Å². The first-order chi connectivity index (χ1) is 16.2. The van der Waals surface area contributed by atoms with E-state index >= 15 is 0 Å². The molecule has 0 aromatic heterocycles. The van der Waals surface area contributed by atoms with Crippen LogP contribution in [-0.4, -0.2) is 36.9 Å². The van der Waals surface area contributed by atoms with Crippen LogP contribution in [0.4, 0.5) is 11.4 Å². The average molecular weight is 464 g/mol. The molecule has 184 valence electrons. The van der Waals surface area contributed by atoms with Gasteiger partial charge >= 0.3 is 0 Å². The highest BCUT2D eigenvalue weighted by Crippen LogP contribution is 2.31. The largest absolute Gasteiger partial charge is 0.377 e. The molecule has 2 aromatic rings. The van der Waals surface area contributed by atoms with E-state index in [0.29, 0.717) is 12.5 Å². The fourth-order valence-electron chi connectivity index (χ4n) is 4.55. The molecule has 2 amide bonds. The zero-order valence-electron chi connectivity index (χ0n) is 21.7. The minimum atomic E-state index is -0.174. The molecule has 5 nitrogen and oxygen atoms in total. The first-order valence-electron chi connectivity index (χ1n) is 12.7. The van der Waals surface area contributed by atoms with Gasteiger partial charge in [-0.2, -0.15) is 0 Å². The standard InChI is InChI=1S/C29H41N3O2/c1-7-26(22-12-9-8-10-13-22)29(34)32(21(4)20(2)3)19-24-18-25(16-17-27(24)31(5)6)30-28(33)23-14-11-15-23/h8-10,12-13,16-18,20-21,23,26H,7,11,14-15,19H2,1-6H3,(H,30,33)/t21-,26+/m0/s1. The predicted molar refractivity (Wildman–Crippen MR) is 141 cm³/mol. The van der Waals surface area contributed by atoms with E-state index in [1.54, 1.807) is 0 Å². The van der Waals surface area contributed by atoms with Gasteiger partial charge in [0.25, 0.3) is 0 Å². The maximum Gasteiger partial charge on any atom is 0.230 e. The second-order valence-corrected chi connectivity index (χ2v) is 10.2. The van der Waals surface area contributed by atoms with Gasteiger partial charge in [-0.05, 0) is 61.4 Å². The highest BCUT2D eigenvalue weighted by molar-refractivity contribution is 5.93. The Bertz CT molecular complexity index is 967. The molecule has 0 bridgehead atoms. The van der Waals surface area contributed by atoms with Crippen molar-refractivity contribution in [3.8, 4) is 0 Å². The van der Waals surface area contributed by atoms with Crippen LogP contribution < -0.4 is 10.2 Å². The number of hydrogen-bond donors (Lipinski definition) is 1. The number of carbonyl (C=O) groups excluding carboxylic acids is 2. The van der Waals surface area contributed by atoms with Crippen molar-refractivity contribution in [1.29, 1.82) is 0 Å². The second kappa shape index (κ2) is 11.5. The third-order valence-electron chi connectivity index (χ3n) is 7.29. The summed E-state index contributed by atoms with van der Waals surface area (Å²) >= 11 is 0. The molecular weight excluding hydrogens is 422 g/mol. The van der Waals surface area contributed by atoms with Crippen LogP contribution in [0.2, 0.25) is 0 Å². The zero-order valence-corrected chi connectivity index (χ0v) is 21.7. The monoisotopic (exact) mass is 463 g/mol. The van der Waals surface area contributed by atoms with Crippen LogP contribution in [0.5, 0.6) is 0 Å². The van der Waals surface area contributed by atoms with Crippen molar-refractivity contribution in [3.63, 3.8) is 0 Å². The Hall–Kier alpha value is -2.82. The SMILES string of the molecule is CC[C@@H](C(=O)N(Cc1cc(NC(=O)C2CCC2)ccc1N(C)C)[C@@H](C)C(C)C)c1ccccc1. The van der Waals surface area contributed by atoms with Crippen LogP contribution in [0.3, 0.4) is 0 Å². The van der Waals surface area contributed by atoms with E-state index < -0.39 is 0 Å². The van der Waals surface area contributed by atoms with Gasteiger partial charge in [-0.3, -0.25) is 9.59 Å². The van der Waals surface area contributed by atoms with Crippen LogP contribution in [0, 0.1) is 11.8 Å². The van der Waals surface area contributed by atoms with Gasteiger partial charge in [0, 0.05) is 44.0 Å². The predicted octanol–water partition coefficient (Wildman–Crippen LogP) is 6.06. The summed E-state index contributed by atoms with van der Waals surface area (Å²) in [6.45, 7) is 9.04. The molecule has 0 heterocycles. The highest BCUT2D eigenvalue weighted by atomic mass is 16.2. The molecule has 1 aliphatic rings. The lowest BCUT2D eigenvalue weighted by molar-refractivity contribution is -0.136. The fraction of sp³-hybridized carbons (Fsp3) is 0.517. The summed E-state index contributed by atoms with van der Waals surface area (Å²) < 4.78 is 0. The Morgan fingerprint density at radius 2 is 1.71 bits per heavy atom. The Labute approximate surface area is 205 Å². The van der Waals surface area contributed by atoms with Gasteiger partial charge < -0.3 is 15.1 Å². The molecule has 34 heavy (non-hydrogen) atoms. The Morgan fingerprint density at radius 3 is 2.24 bits per heavy atom. The van der Waals surface area contributed by atoms with E-state index in [9.17, 15) is 9.59 Å². The molecular formula is C29H41N3O2. The number of hydrogen-bond acceptors (Lipinski definition) is 3. The maximum atomic E-state index is 13.9. The third-order valence-corrected chi connectivity index (χ3v) is 7.29. The summed E-state index contributed by atoms with van der Waals surface area (Å²) in [4.78, 5) is 30.6. The lowest BCUT2D eigenvalue weighted by atomic mass is 9.85. The van der Waals surface area contributed by atoms with Gasteiger partial charge in [-0.25, -0.2) is 0 Å². The van der Waals surface area contributed by atoms with E-state index in [0.717, 1.165) is 48.2 Å². The normalized spacial score (nSPS) is 15.4. The minimum absolute atomic E-state index is 0.0773. The molecule has 1 N–H and O–H groups in total. The quantitative estimate of drug-likeness (QED) is 0.466. The third kappa shape index (κ3) is 5.99. The molecule has 0 saturated heterocycles. The lowest BCUT2D eigenvalue weighted by Gasteiger charge is -2.36. The Balaban J connectivity index is 1.93. The minimum Gasteiger partial charge on any atom is -0.377 e. The van der Waals surface area contributed by atoms with Crippen molar-refractivity contribution in [1.82, 2.24) is 4.90 Å². The molecule has 0 radical (unpaired) electrons. The number of carbonyl (C=O) groups is 2. The number of benzene rings is 2. The van der Waals surface area contributed by atoms with Gasteiger partial charge in [0.1, 0.15) is 0 Å². The lowest BCUT2D eigenvalue weighted by Crippen LogP contribution is -2.43. The van der Waals surface area contributed by atoms with Crippen molar-refractivity contribution < 1.29 is 9.59 Å². The molecule has 0 spiro atoms. The molecule has 1 fully saturated rings. The van der Waals surface area contributed by atoms with E-state index in [2.05, 4.69) is 37.9 Å². The number of rotatable bonds is 10. The molecule has 1 aliphatic carbocycles. The van der Waals surface area contributed by atoms with Gasteiger partial charge in [0.15, 0.2) is 0 Å². The zero-order chi connectivity index (χ0) is 24.8. The van der Waals surface area contributed by atoms with Crippen LogP contribution in [0.25, 0.3) is 0 Å². The molecule has 0 aliphatic heterocycles. The molecule has 0 unspecified atom stereocenters. The van der Waals surface area contributed by atoms with Gasteiger partial charge in [-0.15, -0.1) is 0 Å². The fourth-order valence-corrected chi connectivity index (χ4v) is 4.55. The summed E-state index contributed by atoms with van der Waals surface area (Å²) in [6, 6.07) is 16.2. The van der Waals surface area contributed by atoms with Crippen molar-refractivity contribution in [2.45, 2.75) is 71.9 Å². The number of nitrogens with zero attached hydrogens (tertiary/aromatic N) is 2. The van der Waals surface area contributed by atoms with Crippen LogP contribution in [0.1, 0.15) is 70.4 Å². The summed E-state index contributed by atoms with van der Waals surface area (Å²) in [7, 11) is 4.03. The molecule has 1 saturated carbocycles. The topological polar surface area (TPSA) is 52.7 Å². The van der Waals surface area contributed by atoms with Gasteiger partial charge in [0.2, 0.25) is 11.8 Å². The number of anilines is 2. The van der Waals surface area contributed by atoms with Crippen LogP contribution in [-0.2, 0) is 16.1 Å². The van der Waals surface area contributed by atoms with E-state index in [1.165, 1.54) is 0 Å². The maximum absolute atomic E-state index is 13.9. The molecule has 5 heteroatoms. The molecule has 2 atom stereocenters. The van der Waals surface area contributed by atoms with E-state index in [1.807, 2.05) is 67.5 Å². The number of amides is 2. The number of nitrogens with one attached hydrogen (secondary N) is 1. The first-order valence-corrected chi connectivity index (χ1v) is 12.7. The van der Waals surface area contributed by atoms with Crippen molar-refractivity contribution >= 4 is 23.2 Å². The summed E-state index contributed by atoms with van der Waals surface area (Å²) in [6.07, 6.45) is 3.83. The van der Waals surface area contributed by atoms with Crippen LogP contribution in [0.15, 0.2) is 48.5 Å². The summed E-state index contributed by atoms with van der Waals surface area (Å²) in [5.41, 5.74) is 3.96. The second-order valence-electron chi connectivity index (χ2n) is 10.2. The Morgan fingerprint density at radius 1 is 1.03 bits per heavy atom. The van der Waals surface area contributed by atoms with Crippen molar-refractivity contribution in [2.24, 2.45) is 11.8 Å². The first kappa shape index (κ1) is 25.8. The van der Waals surface area contributed by atoms with E-state index in [4.69, 9.17) is 0 Å². The molecule has 3 rings (SSSR count). The van der Waals surface area contributed by atoms with Gasteiger partial charge in [-0.1, -0.05) is 57.5 Å². The Kier molecular flexibility index (Phi) is 8.76. The summed E-state index contributed by atoms with van der Waals surface area (Å²) in [5, 5.41) is 3.10. The van der Waals surface area contributed by atoms with Crippen molar-refractivity contribution in [2.75, 3.05) is 24.3 Å². The molecule has 2 aromatic carbocycles. The van der Waals surface area contributed by atoms with Crippen LogP contribution >= 0.6 is 0 Å². The highest BCUT2D eigenvalue weighted by Gasteiger charge is 2.30. The average Bonchev–Trinajstić information content (AvgIpc) is 2.76. The van der Waals surface area contributed by atoms with Gasteiger partial charge in [0.05, 0.1) is 5.92 Å². The van der Waals surface area contributed by atoms with Crippen molar-refractivity contribution in [3.05, 3.63) is 59.7 Å². The smallest absolute Gasteiger partial charge is 0.230 e.